The summed E-state index contributed by atoms with van der Waals surface area (Å²) in [6, 6.07) is 4.73. The highest BCUT2D eigenvalue weighted by Crippen LogP contribution is 2.26. The number of esters is 1. The van der Waals surface area contributed by atoms with Gasteiger partial charge in [-0.15, -0.1) is 0 Å². The van der Waals surface area contributed by atoms with Crippen LogP contribution in [0.15, 0.2) is 29.2 Å². The predicted molar refractivity (Wildman–Crippen MR) is 114 cm³/mol. The summed E-state index contributed by atoms with van der Waals surface area (Å²) in [4.78, 5) is 38.3. The molecule has 2 aliphatic heterocycles. The summed E-state index contributed by atoms with van der Waals surface area (Å²) in [5.41, 5.74) is 0.416. The first-order valence-corrected chi connectivity index (χ1v) is 12.2. The lowest BCUT2D eigenvalue weighted by Gasteiger charge is -2.33. The van der Waals surface area contributed by atoms with E-state index in [-0.39, 0.29) is 29.7 Å². The van der Waals surface area contributed by atoms with Gasteiger partial charge in [-0.05, 0) is 57.1 Å². The molecule has 0 aromatic heterocycles. The summed E-state index contributed by atoms with van der Waals surface area (Å²) >= 11 is 0. The molecule has 0 aliphatic carbocycles. The number of Topliss-reactive ketones (excluding diaryl/α,β-unsaturated/α-hetero) is 1. The largest absolute Gasteiger partial charge is 0.454 e. The van der Waals surface area contributed by atoms with Crippen molar-refractivity contribution in [3.05, 3.63) is 29.8 Å². The fraction of sp³-hybridized carbons (Fsp3) is 0.591. The van der Waals surface area contributed by atoms with Gasteiger partial charge in [0.2, 0.25) is 10.0 Å². The van der Waals surface area contributed by atoms with Gasteiger partial charge in [0.05, 0.1) is 4.90 Å². The predicted octanol–water partition coefficient (Wildman–Crippen LogP) is 2.23. The number of ketones is 1. The molecule has 170 valence electrons. The lowest BCUT2D eigenvalue weighted by Crippen LogP contribution is -2.49. The lowest BCUT2D eigenvalue weighted by molar-refractivity contribution is -0.156. The molecular weight excluding hydrogens is 420 g/mol. The van der Waals surface area contributed by atoms with Crippen LogP contribution >= 0.6 is 0 Å². The maximum Gasteiger partial charge on any atom is 0.324 e. The topological polar surface area (TPSA) is 101 Å². The maximum absolute atomic E-state index is 13.2. The minimum atomic E-state index is -3.94. The smallest absolute Gasteiger partial charge is 0.324 e. The van der Waals surface area contributed by atoms with E-state index in [0.29, 0.717) is 43.8 Å². The van der Waals surface area contributed by atoms with E-state index in [0.717, 1.165) is 17.1 Å². The van der Waals surface area contributed by atoms with Gasteiger partial charge in [-0.1, -0.05) is 19.1 Å². The molecule has 3 rings (SSSR count). The number of carbonyl (C=O) groups excluding carboxylic acids is 3. The van der Waals surface area contributed by atoms with Gasteiger partial charge in [0, 0.05) is 25.2 Å². The molecule has 1 amide bonds. The molecule has 2 saturated heterocycles. The standard InChI is InChI=1S/C22H30N2O6S/c1-16-6-5-12-23(14-16)21(26)15-30-22(27)20-7-3-4-13-24(20)31(28,29)19-10-8-18(9-11-19)17(2)25/h8-11,16,20H,3-7,12-15H2,1-2H3. The van der Waals surface area contributed by atoms with E-state index in [2.05, 4.69) is 6.92 Å². The zero-order valence-corrected chi connectivity index (χ0v) is 18.9. The molecule has 0 radical (unpaired) electrons. The first-order chi connectivity index (χ1) is 14.7. The minimum Gasteiger partial charge on any atom is -0.454 e. The summed E-state index contributed by atoms with van der Waals surface area (Å²) in [6.45, 7) is 4.63. The number of hydrogen-bond donors (Lipinski definition) is 0. The Morgan fingerprint density at radius 3 is 2.39 bits per heavy atom. The van der Waals surface area contributed by atoms with Crippen LogP contribution in [0.2, 0.25) is 0 Å². The van der Waals surface area contributed by atoms with Gasteiger partial charge >= 0.3 is 5.97 Å². The van der Waals surface area contributed by atoms with E-state index < -0.39 is 22.0 Å². The minimum absolute atomic E-state index is 0.0237. The Labute approximate surface area is 183 Å². The van der Waals surface area contributed by atoms with E-state index in [4.69, 9.17) is 4.74 Å². The van der Waals surface area contributed by atoms with Gasteiger partial charge in [0.25, 0.3) is 5.91 Å². The molecule has 31 heavy (non-hydrogen) atoms. The molecule has 9 heteroatoms. The van der Waals surface area contributed by atoms with Crippen LogP contribution in [0.3, 0.4) is 0 Å². The second-order valence-electron chi connectivity index (χ2n) is 8.40. The van der Waals surface area contributed by atoms with E-state index in [1.54, 1.807) is 4.90 Å². The molecule has 0 N–H and O–H groups in total. The second kappa shape index (κ2) is 9.91. The van der Waals surface area contributed by atoms with Crippen LogP contribution in [0.4, 0.5) is 0 Å². The maximum atomic E-state index is 13.2. The molecule has 1 aromatic rings. The molecule has 2 unspecified atom stereocenters. The average Bonchev–Trinajstić information content (AvgIpc) is 2.77. The van der Waals surface area contributed by atoms with Crippen molar-refractivity contribution in [1.29, 1.82) is 0 Å². The number of rotatable bonds is 6. The van der Waals surface area contributed by atoms with E-state index in [9.17, 15) is 22.8 Å². The molecule has 2 atom stereocenters. The van der Waals surface area contributed by atoms with Crippen LogP contribution in [0.1, 0.15) is 56.3 Å². The van der Waals surface area contributed by atoms with Gasteiger partial charge in [-0.2, -0.15) is 4.31 Å². The monoisotopic (exact) mass is 450 g/mol. The van der Waals surface area contributed by atoms with Crippen LogP contribution in [0.5, 0.6) is 0 Å². The quantitative estimate of drug-likeness (QED) is 0.487. The fourth-order valence-corrected chi connectivity index (χ4v) is 5.81. The van der Waals surface area contributed by atoms with Crippen molar-refractivity contribution in [3.8, 4) is 0 Å². The van der Waals surface area contributed by atoms with Crippen molar-refractivity contribution >= 4 is 27.7 Å². The molecule has 2 heterocycles. The Bertz CT molecular complexity index is 928. The van der Waals surface area contributed by atoms with Crippen LogP contribution in [-0.2, 0) is 24.3 Å². The number of hydrogen-bond acceptors (Lipinski definition) is 6. The third-order valence-electron chi connectivity index (χ3n) is 5.94. The highest BCUT2D eigenvalue weighted by molar-refractivity contribution is 7.89. The zero-order valence-electron chi connectivity index (χ0n) is 18.1. The molecule has 0 spiro atoms. The number of ether oxygens (including phenoxy) is 1. The van der Waals surface area contributed by atoms with Gasteiger partial charge in [-0.25, -0.2) is 8.42 Å². The summed E-state index contributed by atoms with van der Waals surface area (Å²) in [5.74, 6) is -0.676. The molecule has 8 nitrogen and oxygen atoms in total. The van der Waals surface area contributed by atoms with Crippen LogP contribution in [0.25, 0.3) is 0 Å². The highest BCUT2D eigenvalue weighted by Gasteiger charge is 2.39. The van der Waals surface area contributed by atoms with E-state index in [1.165, 1.54) is 31.2 Å². The molecule has 1 aromatic carbocycles. The molecule has 2 fully saturated rings. The molecule has 2 aliphatic rings. The normalized spacial score (nSPS) is 22.7. The highest BCUT2D eigenvalue weighted by atomic mass is 32.2. The first-order valence-electron chi connectivity index (χ1n) is 10.8. The molecule has 0 saturated carbocycles. The number of carbonyl (C=O) groups is 3. The third-order valence-corrected chi connectivity index (χ3v) is 7.86. The van der Waals surface area contributed by atoms with Crippen molar-refractivity contribution in [1.82, 2.24) is 9.21 Å². The third kappa shape index (κ3) is 5.51. The number of amides is 1. The van der Waals surface area contributed by atoms with Gasteiger partial charge in [0.15, 0.2) is 12.4 Å². The van der Waals surface area contributed by atoms with Crippen LogP contribution < -0.4 is 0 Å². The Morgan fingerprint density at radius 1 is 1.03 bits per heavy atom. The molecular formula is C22H30N2O6S. The Kier molecular flexibility index (Phi) is 7.48. The van der Waals surface area contributed by atoms with Gasteiger partial charge in [-0.3, -0.25) is 14.4 Å². The first kappa shape index (κ1) is 23.4. The van der Waals surface area contributed by atoms with Gasteiger partial charge in [0.1, 0.15) is 6.04 Å². The number of sulfonamides is 1. The van der Waals surface area contributed by atoms with Crippen molar-refractivity contribution < 1.29 is 27.5 Å². The summed E-state index contributed by atoms with van der Waals surface area (Å²) in [7, 11) is -3.94. The van der Waals surface area contributed by atoms with Gasteiger partial charge < -0.3 is 9.64 Å². The van der Waals surface area contributed by atoms with Crippen molar-refractivity contribution in [3.63, 3.8) is 0 Å². The second-order valence-corrected chi connectivity index (χ2v) is 10.3. The molecule has 0 bridgehead atoms. The summed E-state index contributed by atoms with van der Waals surface area (Å²) in [5, 5.41) is 0. The van der Waals surface area contributed by atoms with Crippen LogP contribution in [0, 0.1) is 5.92 Å². The Hall–Kier alpha value is -2.26. The number of benzene rings is 1. The number of piperidine rings is 2. The Morgan fingerprint density at radius 2 is 1.74 bits per heavy atom. The number of likely N-dealkylation sites (tertiary alicyclic amines) is 1. The van der Waals surface area contributed by atoms with Crippen molar-refractivity contribution in [2.75, 3.05) is 26.2 Å². The summed E-state index contributed by atoms with van der Waals surface area (Å²) in [6.07, 6.45) is 3.69. The van der Waals surface area contributed by atoms with E-state index >= 15 is 0 Å². The fourth-order valence-electron chi connectivity index (χ4n) is 4.16. The zero-order chi connectivity index (χ0) is 22.6. The van der Waals surface area contributed by atoms with Crippen LogP contribution in [-0.4, -0.2) is 67.6 Å². The lowest BCUT2D eigenvalue weighted by atomic mass is 10.0. The SMILES string of the molecule is CC(=O)c1ccc(S(=O)(=O)N2CCCCC2C(=O)OCC(=O)N2CCCC(C)C2)cc1. The Balaban J connectivity index is 1.68. The van der Waals surface area contributed by atoms with Crippen molar-refractivity contribution in [2.45, 2.75) is 56.9 Å². The summed E-state index contributed by atoms with van der Waals surface area (Å²) < 4.78 is 32.8. The number of nitrogens with zero attached hydrogens (tertiary/aromatic N) is 2. The van der Waals surface area contributed by atoms with Crippen molar-refractivity contribution in [2.24, 2.45) is 5.92 Å². The van der Waals surface area contributed by atoms with E-state index in [1.807, 2.05) is 0 Å². The average molecular weight is 451 g/mol.